The number of nitrogens with zero attached hydrogens (tertiary/aromatic N) is 1. The molecule has 1 atom stereocenters. The Labute approximate surface area is 147 Å². The van der Waals surface area contributed by atoms with Gasteiger partial charge in [0.05, 0.1) is 10.8 Å². The molecule has 3 rings (SSSR count). The van der Waals surface area contributed by atoms with Crippen molar-refractivity contribution < 1.29 is 19.1 Å². The molecule has 124 valence electrons. The average molecular weight is 364 g/mol. The van der Waals surface area contributed by atoms with Crippen LogP contribution in [0.5, 0.6) is 0 Å². The van der Waals surface area contributed by atoms with Gasteiger partial charge in [-0.2, -0.15) is 0 Å². The molecule has 7 heteroatoms. The summed E-state index contributed by atoms with van der Waals surface area (Å²) in [4.78, 5) is 38.2. The predicted molar refractivity (Wildman–Crippen MR) is 91.5 cm³/mol. The van der Waals surface area contributed by atoms with Crippen molar-refractivity contribution in [2.24, 2.45) is 5.92 Å². The monoisotopic (exact) mass is 363 g/mol. The van der Waals surface area contributed by atoms with Crippen LogP contribution < -0.4 is 4.90 Å². The Morgan fingerprint density at radius 1 is 1.25 bits per heavy atom. The third-order valence-corrected chi connectivity index (χ3v) is 4.90. The molecule has 2 heterocycles. The molecular formula is C17H14ClNO4S. The smallest absolute Gasteiger partial charge is 0.311 e. The van der Waals surface area contributed by atoms with E-state index >= 15 is 0 Å². The van der Waals surface area contributed by atoms with Gasteiger partial charge in [0, 0.05) is 23.7 Å². The number of anilines is 1. The Hall–Kier alpha value is -2.18. The molecule has 1 aliphatic heterocycles. The van der Waals surface area contributed by atoms with Crippen LogP contribution in [0.4, 0.5) is 5.69 Å². The SMILES string of the molecule is O=C(COC(=O)[C@H]1CC(=O)N(c2ccc(Cl)cc2)C1)c1cccs1. The van der Waals surface area contributed by atoms with Gasteiger partial charge in [0.15, 0.2) is 6.61 Å². The molecule has 0 bridgehead atoms. The number of ketones is 1. The molecule has 0 N–H and O–H groups in total. The summed E-state index contributed by atoms with van der Waals surface area (Å²) in [6, 6.07) is 10.3. The zero-order valence-corrected chi connectivity index (χ0v) is 14.2. The highest BCUT2D eigenvalue weighted by Gasteiger charge is 2.36. The molecule has 1 aromatic carbocycles. The van der Waals surface area contributed by atoms with E-state index in [1.54, 1.807) is 41.8 Å². The van der Waals surface area contributed by atoms with Crippen LogP contribution in [0.1, 0.15) is 16.1 Å². The topological polar surface area (TPSA) is 63.7 Å². The second-order valence-electron chi connectivity index (χ2n) is 5.39. The van der Waals surface area contributed by atoms with Crippen molar-refractivity contribution in [1.82, 2.24) is 0 Å². The summed E-state index contributed by atoms with van der Waals surface area (Å²) < 4.78 is 5.08. The van der Waals surface area contributed by atoms with Crippen molar-refractivity contribution in [3.63, 3.8) is 0 Å². The minimum Gasteiger partial charge on any atom is -0.457 e. The van der Waals surface area contributed by atoms with Gasteiger partial charge < -0.3 is 9.64 Å². The van der Waals surface area contributed by atoms with Gasteiger partial charge in [-0.05, 0) is 35.7 Å². The van der Waals surface area contributed by atoms with E-state index in [0.29, 0.717) is 15.6 Å². The molecule has 2 aromatic rings. The quantitative estimate of drug-likeness (QED) is 0.604. The van der Waals surface area contributed by atoms with Crippen LogP contribution in [0, 0.1) is 5.92 Å². The molecule has 0 aliphatic carbocycles. The Morgan fingerprint density at radius 2 is 2.00 bits per heavy atom. The van der Waals surface area contributed by atoms with Gasteiger partial charge in [-0.15, -0.1) is 11.3 Å². The Kier molecular flexibility index (Phi) is 4.97. The number of rotatable bonds is 5. The van der Waals surface area contributed by atoms with Gasteiger partial charge in [-0.25, -0.2) is 0 Å². The maximum absolute atomic E-state index is 12.1. The summed E-state index contributed by atoms with van der Waals surface area (Å²) in [6.45, 7) is -0.0581. The van der Waals surface area contributed by atoms with Crippen LogP contribution in [0.25, 0.3) is 0 Å². The van der Waals surface area contributed by atoms with Gasteiger partial charge in [0.25, 0.3) is 0 Å². The summed E-state index contributed by atoms with van der Waals surface area (Å²) in [7, 11) is 0. The lowest BCUT2D eigenvalue weighted by molar-refractivity contribution is -0.147. The standard InChI is InChI=1S/C17H14ClNO4S/c18-12-3-5-13(6-4-12)19-9-11(8-16(19)21)17(22)23-10-14(20)15-2-1-7-24-15/h1-7,11H,8-10H2/t11-/m0/s1. The number of carbonyl (C=O) groups is 3. The average Bonchev–Trinajstić information content (AvgIpc) is 3.23. The number of halogens is 1. The highest BCUT2D eigenvalue weighted by atomic mass is 35.5. The molecule has 0 saturated carbocycles. The largest absolute Gasteiger partial charge is 0.457 e. The van der Waals surface area contributed by atoms with E-state index < -0.39 is 11.9 Å². The molecule has 1 aromatic heterocycles. The van der Waals surface area contributed by atoms with Gasteiger partial charge in [0.1, 0.15) is 0 Å². The second-order valence-corrected chi connectivity index (χ2v) is 6.77. The first-order valence-electron chi connectivity index (χ1n) is 7.34. The lowest BCUT2D eigenvalue weighted by Crippen LogP contribution is -2.27. The van der Waals surface area contributed by atoms with Crippen LogP contribution in [0.2, 0.25) is 5.02 Å². The van der Waals surface area contributed by atoms with Crippen LogP contribution in [0.15, 0.2) is 41.8 Å². The molecule has 0 radical (unpaired) electrons. The van der Waals surface area contributed by atoms with Gasteiger partial charge in [-0.3, -0.25) is 14.4 Å². The number of amides is 1. The molecule has 24 heavy (non-hydrogen) atoms. The van der Waals surface area contributed by atoms with E-state index in [-0.39, 0.29) is 31.3 Å². The van der Waals surface area contributed by atoms with Crippen LogP contribution >= 0.6 is 22.9 Å². The van der Waals surface area contributed by atoms with Crippen molar-refractivity contribution in [3.05, 3.63) is 51.7 Å². The van der Waals surface area contributed by atoms with E-state index in [1.807, 2.05) is 0 Å². The van der Waals surface area contributed by atoms with Gasteiger partial charge in [-0.1, -0.05) is 17.7 Å². The second kappa shape index (κ2) is 7.15. The molecular weight excluding hydrogens is 350 g/mol. The summed E-state index contributed by atoms with van der Waals surface area (Å²) in [5.41, 5.74) is 0.689. The molecule has 1 aliphatic rings. The zero-order valence-electron chi connectivity index (χ0n) is 12.6. The first-order chi connectivity index (χ1) is 11.5. The Morgan fingerprint density at radius 3 is 2.67 bits per heavy atom. The summed E-state index contributed by atoms with van der Waals surface area (Å²) >= 11 is 7.14. The number of carbonyl (C=O) groups excluding carboxylic acids is 3. The molecule has 1 fully saturated rings. The third kappa shape index (κ3) is 3.66. The summed E-state index contributed by atoms with van der Waals surface area (Å²) in [6.07, 6.45) is 0.0780. The number of hydrogen-bond acceptors (Lipinski definition) is 5. The minimum absolute atomic E-state index is 0.0780. The maximum atomic E-state index is 12.1. The van der Waals surface area contributed by atoms with Crippen molar-refractivity contribution in [2.45, 2.75) is 6.42 Å². The minimum atomic E-state index is -0.565. The predicted octanol–water partition coefficient (Wildman–Crippen LogP) is 3.18. The Bertz CT molecular complexity index is 757. The zero-order chi connectivity index (χ0) is 17.1. The number of esters is 1. The maximum Gasteiger partial charge on any atom is 0.311 e. The normalized spacial score (nSPS) is 17.1. The molecule has 1 saturated heterocycles. The van der Waals surface area contributed by atoms with E-state index in [1.165, 1.54) is 16.2 Å². The first-order valence-corrected chi connectivity index (χ1v) is 8.59. The lowest BCUT2D eigenvalue weighted by atomic mass is 10.1. The van der Waals surface area contributed by atoms with Crippen molar-refractivity contribution >= 4 is 46.3 Å². The van der Waals surface area contributed by atoms with E-state index in [4.69, 9.17) is 16.3 Å². The molecule has 5 nitrogen and oxygen atoms in total. The van der Waals surface area contributed by atoms with Crippen molar-refractivity contribution in [3.8, 4) is 0 Å². The fraction of sp³-hybridized carbons (Fsp3) is 0.235. The highest BCUT2D eigenvalue weighted by Crippen LogP contribution is 2.27. The fourth-order valence-electron chi connectivity index (χ4n) is 2.50. The van der Waals surface area contributed by atoms with Crippen molar-refractivity contribution in [1.29, 1.82) is 0 Å². The van der Waals surface area contributed by atoms with Crippen LogP contribution in [-0.2, 0) is 14.3 Å². The first kappa shape index (κ1) is 16.7. The van der Waals surface area contributed by atoms with Crippen molar-refractivity contribution in [2.75, 3.05) is 18.1 Å². The summed E-state index contributed by atoms with van der Waals surface area (Å²) in [5.74, 6) is -1.48. The molecule has 0 unspecified atom stereocenters. The fourth-order valence-corrected chi connectivity index (χ4v) is 3.28. The van der Waals surface area contributed by atoms with E-state index in [0.717, 1.165) is 0 Å². The van der Waals surface area contributed by atoms with E-state index in [2.05, 4.69) is 0 Å². The number of hydrogen-bond donors (Lipinski definition) is 0. The third-order valence-electron chi connectivity index (χ3n) is 3.74. The highest BCUT2D eigenvalue weighted by molar-refractivity contribution is 7.12. The number of ether oxygens (including phenoxy) is 1. The van der Waals surface area contributed by atoms with Crippen LogP contribution in [0.3, 0.4) is 0 Å². The van der Waals surface area contributed by atoms with E-state index in [9.17, 15) is 14.4 Å². The molecule has 0 spiro atoms. The molecule has 1 amide bonds. The number of benzene rings is 1. The lowest BCUT2D eigenvalue weighted by Gasteiger charge is -2.16. The summed E-state index contributed by atoms with van der Waals surface area (Å²) in [5, 5.41) is 2.36. The van der Waals surface area contributed by atoms with Gasteiger partial charge in [0.2, 0.25) is 11.7 Å². The number of thiophene rings is 1. The van der Waals surface area contributed by atoms with Gasteiger partial charge >= 0.3 is 5.97 Å². The number of Topliss-reactive ketones (excluding diaryl/α,β-unsaturated/α-hetero) is 1. The Balaban J connectivity index is 1.58. The van der Waals surface area contributed by atoms with Crippen LogP contribution in [-0.4, -0.2) is 30.8 Å².